The van der Waals surface area contributed by atoms with Crippen LogP contribution in [-0.2, 0) is 11.8 Å². The largest absolute Gasteiger partial charge is 0.374 e. The summed E-state index contributed by atoms with van der Waals surface area (Å²) in [6.45, 7) is 4.78. The lowest BCUT2D eigenvalue weighted by molar-refractivity contribution is 0.0371. The fraction of sp³-hybridized carbons (Fsp3) is 0.636. The molecule has 4 N–H and O–H groups in total. The van der Waals surface area contributed by atoms with Crippen LogP contribution in [0.15, 0.2) is 0 Å². The number of nitrogens with zero attached hydrogens (tertiary/aromatic N) is 2. The Morgan fingerprint density at radius 3 is 3.11 bits per heavy atom. The van der Waals surface area contributed by atoms with E-state index < -0.39 is 5.91 Å². The van der Waals surface area contributed by atoms with Crippen LogP contribution >= 0.6 is 0 Å². The van der Waals surface area contributed by atoms with Gasteiger partial charge in [-0.2, -0.15) is 5.10 Å². The van der Waals surface area contributed by atoms with Gasteiger partial charge >= 0.3 is 0 Å². The zero-order valence-corrected chi connectivity index (χ0v) is 10.7. The fourth-order valence-corrected chi connectivity index (χ4v) is 2.12. The molecule has 1 aromatic rings. The van der Waals surface area contributed by atoms with Crippen LogP contribution in [0.25, 0.3) is 0 Å². The van der Waals surface area contributed by atoms with Crippen LogP contribution in [0.3, 0.4) is 0 Å². The van der Waals surface area contributed by atoms with Crippen molar-refractivity contribution in [3.05, 3.63) is 11.3 Å². The molecular weight excluding hydrogens is 234 g/mol. The minimum atomic E-state index is -0.467. The molecule has 1 aromatic heterocycles. The third kappa shape index (κ3) is 2.62. The molecule has 7 heteroatoms. The van der Waals surface area contributed by atoms with Gasteiger partial charge in [0, 0.05) is 26.7 Å². The molecule has 1 unspecified atom stereocenters. The second-order valence-electron chi connectivity index (χ2n) is 4.37. The molecule has 7 nitrogen and oxygen atoms in total. The highest BCUT2D eigenvalue weighted by Crippen LogP contribution is 2.18. The van der Waals surface area contributed by atoms with E-state index in [9.17, 15) is 4.79 Å². The van der Waals surface area contributed by atoms with Gasteiger partial charge in [0.2, 0.25) is 0 Å². The summed E-state index contributed by atoms with van der Waals surface area (Å²) in [6, 6.07) is 0. The lowest BCUT2D eigenvalue weighted by Crippen LogP contribution is -2.42. The molecule has 0 bridgehead atoms. The number of carbonyl (C=O) groups excluding carboxylic acids is 1. The highest BCUT2D eigenvalue weighted by molar-refractivity contribution is 5.98. The zero-order chi connectivity index (χ0) is 13.1. The molecule has 0 aromatic carbocycles. The molecular formula is C11H19N5O2. The van der Waals surface area contributed by atoms with E-state index in [4.69, 9.17) is 10.5 Å². The number of morpholine rings is 1. The Morgan fingerprint density at radius 2 is 2.50 bits per heavy atom. The summed E-state index contributed by atoms with van der Waals surface area (Å²) in [5, 5.41) is 10.6. The van der Waals surface area contributed by atoms with Gasteiger partial charge in [-0.3, -0.25) is 9.48 Å². The second kappa shape index (κ2) is 5.36. The summed E-state index contributed by atoms with van der Waals surface area (Å²) in [5.41, 5.74) is 6.44. The summed E-state index contributed by atoms with van der Waals surface area (Å²) in [7, 11) is 1.78. The van der Waals surface area contributed by atoms with Gasteiger partial charge in [-0.05, 0) is 6.92 Å². The fourth-order valence-electron chi connectivity index (χ4n) is 2.12. The van der Waals surface area contributed by atoms with Crippen molar-refractivity contribution >= 4 is 11.7 Å². The number of hydrogen-bond donors (Lipinski definition) is 3. The molecule has 1 atom stereocenters. The first-order chi connectivity index (χ1) is 8.59. The first-order valence-electron chi connectivity index (χ1n) is 5.99. The average Bonchev–Trinajstić information content (AvgIpc) is 2.62. The Balaban J connectivity index is 2.06. The summed E-state index contributed by atoms with van der Waals surface area (Å²) >= 11 is 0. The normalized spacial score (nSPS) is 19.8. The molecule has 18 heavy (non-hydrogen) atoms. The molecule has 2 rings (SSSR count). The van der Waals surface area contributed by atoms with Gasteiger partial charge in [0.1, 0.15) is 11.4 Å². The average molecular weight is 253 g/mol. The molecule has 1 aliphatic rings. The first-order valence-corrected chi connectivity index (χ1v) is 5.99. The number of nitrogens with two attached hydrogens (primary N) is 1. The minimum Gasteiger partial charge on any atom is -0.374 e. The number of carbonyl (C=O) groups is 1. The Morgan fingerprint density at radius 1 is 1.72 bits per heavy atom. The van der Waals surface area contributed by atoms with E-state index >= 15 is 0 Å². The topological polar surface area (TPSA) is 94.2 Å². The molecule has 1 saturated heterocycles. The number of hydrogen-bond acceptors (Lipinski definition) is 5. The molecule has 0 saturated carbocycles. The van der Waals surface area contributed by atoms with E-state index in [1.165, 1.54) is 0 Å². The van der Waals surface area contributed by atoms with Crippen molar-refractivity contribution in [2.24, 2.45) is 12.8 Å². The maximum Gasteiger partial charge on any atom is 0.254 e. The van der Waals surface area contributed by atoms with Crippen molar-refractivity contribution in [2.75, 3.05) is 31.6 Å². The summed E-state index contributed by atoms with van der Waals surface area (Å²) in [4.78, 5) is 11.4. The number of aryl methyl sites for hydroxylation is 2. The quantitative estimate of drug-likeness (QED) is 0.655. The molecule has 1 amide bonds. The van der Waals surface area contributed by atoms with Gasteiger partial charge in [-0.15, -0.1) is 0 Å². The number of amides is 1. The van der Waals surface area contributed by atoms with Crippen molar-refractivity contribution in [1.29, 1.82) is 0 Å². The molecule has 1 fully saturated rings. The van der Waals surface area contributed by atoms with Gasteiger partial charge < -0.3 is 21.1 Å². The molecule has 2 heterocycles. The van der Waals surface area contributed by atoms with Crippen LogP contribution in [0.5, 0.6) is 0 Å². The smallest absolute Gasteiger partial charge is 0.254 e. The minimum absolute atomic E-state index is 0.0923. The maximum absolute atomic E-state index is 11.4. The third-order valence-electron chi connectivity index (χ3n) is 2.97. The van der Waals surface area contributed by atoms with Gasteiger partial charge in [0.05, 0.1) is 18.4 Å². The van der Waals surface area contributed by atoms with E-state index in [0.29, 0.717) is 30.2 Å². The molecule has 0 spiro atoms. The number of aromatic nitrogens is 2. The maximum atomic E-state index is 11.4. The lowest BCUT2D eigenvalue weighted by Gasteiger charge is -2.24. The van der Waals surface area contributed by atoms with Crippen LogP contribution in [0.2, 0.25) is 0 Å². The van der Waals surface area contributed by atoms with Crippen LogP contribution < -0.4 is 16.4 Å². The van der Waals surface area contributed by atoms with Crippen LogP contribution in [0.1, 0.15) is 16.1 Å². The predicted molar refractivity (Wildman–Crippen MR) is 67.6 cm³/mol. The van der Waals surface area contributed by atoms with Gasteiger partial charge in [0.25, 0.3) is 5.91 Å². The van der Waals surface area contributed by atoms with Gasteiger partial charge in [-0.1, -0.05) is 0 Å². The molecule has 1 aliphatic heterocycles. The van der Waals surface area contributed by atoms with Crippen molar-refractivity contribution in [3.8, 4) is 0 Å². The van der Waals surface area contributed by atoms with E-state index in [1.54, 1.807) is 18.7 Å². The Labute approximate surface area is 106 Å². The van der Waals surface area contributed by atoms with E-state index in [2.05, 4.69) is 15.7 Å². The summed E-state index contributed by atoms with van der Waals surface area (Å²) in [6.07, 6.45) is 0.0923. The highest BCUT2D eigenvalue weighted by Gasteiger charge is 2.19. The zero-order valence-electron chi connectivity index (χ0n) is 10.7. The van der Waals surface area contributed by atoms with E-state index in [-0.39, 0.29) is 6.10 Å². The van der Waals surface area contributed by atoms with E-state index in [0.717, 1.165) is 13.1 Å². The van der Waals surface area contributed by atoms with Crippen LogP contribution in [0, 0.1) is 6.92 Å². The summed E-state index contributed by atoms with van der Waals surface area (Å²) in [5.74, 6) is 0.181. The van der Waals surface area contributed by atoms with Crippen LogP contribution in [-0.4, -0.2) is 48.0 Å². The number of nitrogens with one attached hydrogen (secondary N) is 2. The Hall–Kier alpha value is -1.60. The third-order valence-corrected chi connectivity index (χ3v) is 2.97. The SMILES string of the molecule is Cc1nn(C)c(NCC2CNCCO2)c1C(N)=O. The second-order valence-corrected chi connectivity index (χ2v) is 4.37. The van der Waals surface area contributed by atoms with Crippen molar-refractivity contribution < 1.29 is 9.53 Å². The standard InChI is InChI=1S/C11H19N5O2/c1-7-9(10(12)17)11(16(2)15-7)14-6-8-5-13-3-4-18-8/h8,13-14H,3-6H2,1-2H3,(H2,12,17). The number of primary amides is 1. The van der Waals surface area contributed by atoms with Gasteiger partial charge in [-0.25, -0.2) is 0 Å². The number of ether oxygens (including phenoxy) is 1. The van der Waals surface area contributed by atoms with Crippen molar-refractivity contribution in [3.63, 3.8) is 0 Å². The molecule has 0 radical (unpaired) electrons. The van der Waals surface area contributed by atoms with Gasteiger partial charge in [0.15, 0.2) is 0 Å². The van der Waals surface area contributed by atoms with Crippen molar-refractivity contribution in [1.82, 2.24) is 15.1 Å². The Bertz CT molecular complexity index is 437. The number of anilines is 1. The van der Waals surface area contributed by atoms with E-state index in [1.807, 2.05) is 0 Å². The number of rotatable bonds is 4. The predicted octanol–water partition coefficient (Wildman–Crippen LogP) is -0.772. The lowest BCUT2D eigenvalue weighted by atomic mass is 10.2. The summed E-state index contributed by atoms with van der Waals surface area (Å²) < 4.78 is 7.21. The van der Waals surface area contributed by atoms with Crippen molar-refractivity contribution in [2.45, 2.75) is 13.0 Å². The van der Waals surface area contributed by atoms with Crippen LogP contribution in [0.4, 0.5) is 5.82 Å². The first kappa shape index (κ1) is 12.8. The monoisotopic (exact) mass is 253 g/mol. The Kier molecular flexibility index (Phi) is 3.83. The highest BCUT2D eigenvalue weighted by atomic mass is 16.5. The molecule has 100 valence electrons. The molecule has 0 aliphatic carbocycles.